The minimum atomic E-state index is -0.301. The maximum absolute atomic E-state index is 13.1. The number of anilines is 1. The zero-order valence-corrected chi connectivity index (χ0v) is 14.8. The summed E-state index contributed by atoms with van der Waals surface area (Å²) in [6.45, 7) is 0.941. The largest absolute Gasteiger partial charge is 0.325 e. The summed E-state index contributed by atoms with van der Waals surface area (Å²) in [4.78, 5) is 12.3. The number of nitrogens with one attached hydrogen (secondary N) is 2. The fourth-order valence-electron chi connectivity index (χ4n) is 2.95. The first-order valence-electron chi connectivity index (χ1n) is 8.41. The Labute approximate surface area is 154 Å². The molecule has 0 aliphatic carbocycles. The van der Waals surface area contributed by atoms with Gasteiger partial charge >= 0.3 is 0 Å². The number of thioether (sulfide) groups is 1. The highest BCUT2D eigenvalue weighted by Gasteiger charge is 2.17. The van der Waals surface area contributed by atoms with Crippen LogP contribution in [-0.2, 0) is 4.79 Å². The highest BCUT2D eigenvalue weighted by molar-refractivity contribution is 7.99. The van der Waals surface area contributed by atoms with Gasteiger partial charge in [-0.15, -0.1) is 10.2 Å². The zero-order chi connectivity index (χ0) is 17.9. The Balaban J connectivity index is 1.54. The lowest BCUT2D eigenvalue weighted by Crippen LogP contribution is -2.39. The lowest BCUT2D eigenvalue weighted by Gasteiger charge is -2.22. The average Bonchev–Trinajstić information content (AvgIpc) is 3.06. The third-order valence-corrected chi connectivity index (χ3v) is 5.35. The summed E-state index contributed by atoms with van der Waals surface area (Å²) in [5, 5.41) is 14.6. The molecule has 26 heavy (non-hydrogen) atoms. The zero-order valence-electron chi connectivity index (χ0n) is 14.0. The first-order valence-corrected chi connectivity index (χ1v) is 9.56. The molecule has 134 valence electrons. The number of halogens is 1. The number of carbonyl (C=O) groups excluding carboxylic acids is 1. The first kappa shape index (κ1) is 17.0. The van der Waals surface area contributed by atoms with E-state index < -0.39 is 0 Å². The number of benzene rings is 1. The molecule has 1 unspecified atom stereocenters. The number of amides is 1. The highest BCUT2D eigenvalue weighted by atomic mass is 32.2. The predicted octanol–water partition coefficient (Wildman–Crippen LogP) is 2.57. The number of pyridine rings is 1. The van der Waals surface area contributed by atoms with E-state index in [0.717, 1.165) is 23.6 Å². The fraction of sp³-hybridized carbons (Fsp3) is 0.278. The van der Waals surface area contributed by atoms with E-state index in [2.05, 4.69) is 20.8 Å². The second kappa shape index (κ2) is 7.43. The van der Waals surface area contributed by atoms with Gasteiger partial charge < -0.3 is 10.6 Å². The minimum Gasteiger partial charge on any atom is -0.325 e. The molecule has 1 aliphatic rings. The van der Waals surface area contributed by atoms with Crippen molar-refractivity contribution in [3.05, 3.63) is 48.4 Å². The van der Waals surface area contributed by atoms with Crippen LogP contribution in [0.4, 0.5) is 10.1 Å². The van der Waals surface area contributed by atoms with Crippen molar-refractivity contribution in [2.24, 2.45) is 0 Å². The monoisotopic (exact) mass is 371 g/mol. The van der Waals surface area contributed by atoms with Crippen LogP contribution in [-0.4, -0.2) is 44.6 Å². The summed E-state index contributed by atoms with van der Waals surface area (Å²) < 4.78 is 14.9. The molecule has 0 bridgehead atoms. The number of aromatic nitrogens is 3. The van der Waals surface area contributed by atoms with Gasteiger partial charge in [-0.3, -0.25) is 9.20 Å². The van der Waals surface area contributed by atoms with Crippen LogP contribution in [0.15, 0.2) is 42.6 Å². The van der Waals surface area contributed by atoms with Crippen LogP contribution in [0, 0.1) is 5.82 Å². The van der Waals surface area contributed by atoms with Crippen molar-refractivity contribution in [3.63, 3.8) is 0 Å². The van der Waals surface area contributed by atoms with E-state index >= 15 is 0 Å². The topological polar surface area (TPSA) is 71.3 Å². The average molecular weight is 371 g/mol. The molecule has 2 N–H and O–H groups in total. The molecule has 0 saturated carbocycles. The Morgan fingerprint density at radius 3 is 2.88 bits per heavy atom. The predicted molar refractivity (Wildman–Crippen MR) is 101 cm³/mol. The molecule has 4 rings (SSSR count). The van der Waals surface area contributed by atoms with Gasteiger partial charge in [0.25, 0.3) is 0 Å². The molecule has 1 aliphatic heterocycles. The van der Waals surface area contributed by atoms with Gasteiger partial charge in [0.1, 0.15) is 5.82 Å². The summed E-state index contributed by atoms with van der Waals surface area (Å²) >= 11 is 1.87. The molecule has 1 atom stereocenters. The van der Waals surface area contributed by atoms with Crippen LogP contribution in [0.3, 0.4) is 0 Å². The van der Waals surface area contributed by atoms with Crippen LogP contribution in [0.5, 0.6) is 0 Å². The molecular formula is C18H18FN5OS. The maximum Gasteiger partial charge on any atom is 0.226 e. The van der Waals surface area contributed by atoms with Gasteiger partial charge in [0.2, 0.25) is 5.91 Å². The van der Waals surface area contributed by atoms with Crippen molar-refractivity contribution >= 4 is 29.0 Å². The van der Waals surface area contributed by atoms with Crippen molar-refractivity contribution in [3.8, 4) is 11.4 Å². The number of fused-ring (bicyclic) bond motifs is 1. The van der Waals surface area contributed by atoms with Gasteiger partial charge in [-0.1, -0.05) is 0 Å². The number of hydrogen-bond donors (Lipinski definition) is 2. The van der Waals surface area contributed by atoms with Crippen molar-refractivity contribution in [2.75, 3.05) is 23.4 Å². The minimum absolute atomic E-state index is 0.0271. The number of hydrogen-bond acceptors (Lipinski definition) is 5. The smallest absolute Gasteiger partial charge is 0.226 e. The number of carbonyl (C=O) groups is 1. The normalized spacial score (nSPS) is 17.3. The Hall–Kier alpha value is -2.45. The highest BCUT2D eigenvalue weighted by Crippen LogP contribution is 2.21. The molecule has 1 aromatic carbocycles. The summed E-state index contributed by atoms with van der Waals surface area (Å²) in [7, 11) is 0. The Kier molecular flexibility index (Phi) is 4.85. The molecular weight excluding hydrogens is 353 g/mol. The van der Waals surface area contributed by atoms with Crippen LogP contribution in [0.1, 0.15) is 6.42 Å². The lowest BCUT2D eigenvalue weighted by atomic mass is 10.2. The molecule has 8 heteroatoms. The SMILES string of the molecule is O=C(CC1CSCCN1)Nc1ccc2nnc(-c3ccc(F)cc3)n2c1. The third-order valence-electron chi connectivity index (χ3n) is 4.22. The van der Waals surface area contributed by atoms with Crippen molar-refractivity contribution in [2.45, 2.75) is 12.5 Å². The van der Waals surface area contributed by atoms with E-state index in [1.165, 1.54) is 12.1 Å². The van der Waals surface area contributed by atoms with E-state index in [-0.39, 0.29) is 17.8 Å². The molecule has 1 saturated heterocycles. The Morgan fingerprint density at radius 2 is 2.12 bits per heavy atom. The van der Waals surface area contributed by atoms with E-state index in [4.69, 9.17) is 0 Å². The summed E-state index contributed by atoms with van der Waals surface area (Å²) in [5.41, 5.74) is 2.09. The van der Waals surface area contributed by atoms with Gasteiger partial charge in [-0.05, 0) is 36.4 Å². The third kappa shape index (κ3) is 3.71. The molecule has 3 heterocycles. The summed E-state index contributed by atoms with van der Waals surface area (Å²) in [6.07, 6.45) is 2.23. The molecule has 1 fully saturated rings. The molecule has 3 aromatic rings. The van der Waals surface area contributed by atoms with Crippen LogP contribution >= 0.6 is 11.8 Å². The van der Waals surface area contributed by atoms with Crippen LogP contribution in [0.2, 0.25) is 0 Å². The van der Waals surface area contributed by atoms with Gasteiger partial charge in [0.05, 0.1) is 5.69 Å². The van der Waals surface area contributed by atoms with E-state index in [9.17, 15) is 9.18 Å². The molecule has 0 radical (unpaired) electrons. The van der Waals surface area contributed by atoms with Gasteiger partial charge in [-0.2, -0.15) is 11.8 Å². The number of nitrogens with zero attached hydrogens (tertiary/aromatic N) is 3. The molecule has 0 spiro atoms. The molecule has 2 aromatic heterocycles. The summed E-state index contributed by atoms with van der Waals surface area (Å²) in [5.74, 6) is 2.31. The van der Waals surface area contributed by atoms with Crippen molar-refractivity contribution in [1.29, 1.82) is 0 Å². The van der Waals surface area contributed by atoms with E-state index in [1.54, 1.807) is 34.9 Å². The van der Waals surface area contributed by atoms with Crippen molar-refractivity contribution in [1.82, 2.24) is 19.9 Å². The van der Waals surface area contributed by atoms with Gasteiger partial charge in [0.15, 0.2) is 11.5 Å². The Morgan fingerprint density at radius 1 is 1.27 bits per heavy atom. The van der Waals surface area contributed by atoms with Gasteiger partial charge in [-0.25, -0.2) is 4.39 Å². The Bertz CT molecular complexity index is 921. The van der Waals surface area contributed by atoms with Crippen molar-refractivity contribution < 1.29 is 9.18 Å². The van der Waals surface area contributed by atoms with Crippen LogP contribution < -0.4 is 10.6 Å². The number of rotatable bonds is 4. The maximum atomic E-state index is 13.1. The standard InChI is InChI=1S/C18H18FN5OS/c19-13-3-1-12(2-4-13)18-23-22-16-6-5-14(10-24(16)18)21-17(25)9-15-11-26-8-7-20-15/h1-6,10,15,20H,7-9,11H2,(H,21,25). The van der Waals surface area contributed by atoms with E-state index in [1.807, 2.05) is 11.8 Å². The molecule has 6 nitrogen and oxygen atoms in total. The summed E-state index contributed by atoms with van der Waals surface area (Å²) in [6, 6.07) is 9.90. The fourth-order valence-corrected chi connectivity index (χ4v) is 3.90. The quantitative estimate of drug-likeness (QED) is 0.738. The first-order chi connectivity index (χ1) is 12.7. The van der Waals surface area contributed by atoms with E-state index in [0.29, 0.717) is 23.6 Å². The second-order valence-electron chi connectivity index (χ2n) is 6.15. The molecule has 1 amide bonds. The lowest BCUT2D eigenvalue weighted by molar-refractivity contribution is -0.116. The second-order valence-corrected chi connectivity index (χ2v) is 7.30. The van der Waals surface area contributed by atoms with Crippen LogP contribution in [0.25, 0.3) is 17.0 Å². The van der Waals surface area contributed by atoms with Gasteiger partial charge in [0, 0.05) is 42.3 Å².